The van der Waals surface area contributed by atoms with Gasteiger partial charge in [0.2, 0.25) is 0 Å². The van der Waals surface area contributed by atoms with Crippen molar-refractivity contribution in [1.29, 1.82) is 0 Å². The molecule has 4 aromatic rings. The zero-order valence-corrected chi connectivity index (χ0v) is 22.2. The molecule has 4 rings (SSSR count). The molecule has 0 saturated carbocycles. The van der Waals surface area contributed by atoms with Crippen molar-refractivity contribution in [2.24, 2.45) is 0 Å². The Morgan fingerprint density at radius 1 is 1.08 bits per heavy atom. The van der Waals surface area contributed by atoms with Crippen LogP contribution >= 0.6 is 11.6 Å². The number of fused-ring (bicyclic) bond motifs is 1. The standard InChI is InChI=1S/C30H31ClFN3O3/c1-3-4-5-23(19-6-8-21(9-7-19)30(38)33-15-14-26(36)37)27(20-10-12-22(31)13-11-20)29-24-16-18(2)17-25(32)28(24)34-35-29/h6-13,16-17,23,27H,3-5,14-15H2,1-2H3,(H,33,38)(H,34,35)(H,36,37). The van der Waals surface area contributed by atoms with Gasteiger partial charge in [-0.25, -0.2) is 4.39 Å². The first kappa shape index (κ1) is 27.3. The molecule has 0 saturated heterocycles. The van der Waals surface area contributed by atoms with Gasteiger partial charge < -0.3 is 10.4 Å². The number of carboxylic acids is 1. The predicted octanol–water partition coefficient (Wildman–Crippen LogP) is 6.97. The molecule has 0 aliphatic rings. The molecule has 38 heavy (non-hydrogen) atoms. The highest BCUT2D eigenvalue weighted by atomic mass is 35.5. The number of aromatic nitrogens is 2. The van der Waals surface area contributed by atoms with Crippen LogP contribution in [0, 0.1) is 12.7 Å². The molecule has 3 aromatic carbocycles. The minimum Gasteiger partial charge on any atom is -0.481 e. The van der Waals surface area contributed by atoms with E-state index in [1.807, 2.05) is 49.4 Å². The van der Waals surface area contributed by atoms with Crippen molar-refractivity contribution in [3.8, 4) is 0 Å². The molecule has 1 aromatic heterocycles. The number of H-pyrrole nitrogens is 1. The van der Waals surface area contributed by atoms with Crippen LogP contribution in [0.3, 0.4) is 0 Å². The fourth-order valence-corrected chi connectivity index (χ4v) is 5.08. The summed E-state index contributed by atoms with van der Waals surface area (Å²) < 4.78 is 14.8. The molecule has 0 bridgehead atoms. The van der Waals surface area contributed by atoms with Crippen LogP contribution in [0.15, 0.2) is 60.7 Å². The number of benzene rings is 3. The Hall–Kier alpha value is -3.71. The lowest BCUT2D eigenvalue weighted by Crippen LogP contribution is -2.26. The lowest BCUT2D eigenvalue weighted by Gasteiger charge is -2.28. The van der Waals surface area contributed by atoms with Gasteiger partial charge in [-0.3, -0.25) is 14.7 Å². The number of hydrogen-bond acceptors (Lipinski definition) is 3. The summed E-state index contributed by atoms with van der Waals surface area (Å²) in [6, 6.07) is 18.6. The van der Waals surface area contributed by atoms with Gasteiger partial charge in [-0.05, 0) is 72.4 Å². The molecule has 2 atom stereocenters. The summed E-state index contributed by atoms with van der Waals surface area (Å²) in [6.07, 6.45) is 2.71. The van der Waals surface area contributed by atoms with Gasteiger partial charge in [0.15, 0.2) is 5.82 Å². The van der Waals surface area contributed by atoms with Crippen molar-refractivity contribution < 1.29 is 19.1 Å². The van der Waals surface area contributed by atoms with Crippen LogP contribution < -0.4 is 5.32 Å². The number of aryl methyl sites for hydroxylation is 1. The first-order valence-corrected chi connectivity index (χ1v) is 13.2. The third kappa shape index (κ3) is 6.22. The number of rotatable bonds is 11. The summed E-state index contributed by atoms with van der Waals surface area (Å²) in [4.78, 5) is 23.3. The number of unbranched alkanes of at least 4 members (excludes halogenated alkanes) is 1. The van der Waals surface area contributed by atoms with Crippen molar-refractivity contribution in [3.63, 3.8) is 0 Å². The Labute approximate surface area is 226 Å². The van der Waals surface area contributed by atoms with E-state index < -0.39 is 5.97 Å². The minimum atomic E-state index is -0.964. The molecule has 3 N–H and O–H groups in total. The predicted molar refractivity (Wildman–Crippen MR) is 147 cm³/mol. The van der Waals surface area contributed by atoms with Crippen LogP contribution in [-0.2, 0) is 4.79 Å². The zero-order valence-electron chi connectivity index (χ0n) is 21.4. The Morgan fingerprint density at radius 2 is 1.76 bits per heavy atom. The van der Waals surface area contributed by atoms with Crippen LogP contribution in [0.25, 0.3) is 10.9 Å². The van der Waals surface area contributed by atoms with Gasteiger partial charge >= 0.3 is 5.97 Å². The smallest absolute Gasteiger partial charge is 0.305 e. The number of halogens is 2. The molecular formula is C30H31ClFN3O3. The molecule has 0 radical (unpaired) electrons. The molecular weight excluding hydrogens is 505 g/mol. The van der Waals surface area contributed by atoms with Gasteiger partial charge in [-0.2, -0.15) is 5.10 Å². The molecule has 0 spiro atoms. The lowest BCUT2D eigenvalue weighted by atomic mass is 9.76. The molecule has 198 valence electrons. The second kappa shape index (κ2) is 12.2. The summed E-state index contributed by atoms with van der Waals surface area (Å²) in [7, 11) is 0. The molecule has 0 aliphatic heterocycles. The number of hydrogen-bond donors (Lipinski definition) is 3. The second-order valence-corrected chi connectivity index (χ2v) is 10.0. The van der Waals surface area contributed by atoms with Gasteiger partial charge in [0.1, 0.15) is 5.52 Å². The summed E-state index contributed by atoms with van der Waals surface area (Å²) in [5, 5.41) is 20.3. The van der Waals surface area contributed by atoms with Crippen LogP contribution in [-0.4, -0.2) is 33.7 Å². The quantitative estimate of drug-likeness (QED) is 0.193. The molecule has 0 aliphatic carbocycles. The van der Waals surface area contributed by atoms with Crippen molar-refractivity contribution in [3.05, 3.63) is 99.5 Å². The number of amides is 1. The van der Waals surface area contributed by atoms with Gasteiger partial charge in [0, 0.05) is 28.4 Å². The summed E-state index contributed by atoms with van der Waals surface area (Å²) in [5.74, 6) is -1.80. The Balaban J connectivity index is 1.77. The van der Waals surface area contributed by atoms with Crippen LogP contribution in [0.5, 0.6) is 0 Å². The molecule has 1 amide bonds. The maximum atomic E-state index is 14.8. The Kier molecular flexibility index (Phi) is 8.79. The minimum absolute atomic E-state index is 0.00692. The monoisotopic (exact) mass is 535 g/mol. The SMILES string of the molecule is CCCCC(c1ccc(C(=O)NCCC(=O)O)cc1)C(c1ccc(Cl)cc1)c1[nH]nc2c(F)cc(C)cc12. The van der Waals surface area contributed by atoms with Crippen molar-refractivity contribution in [2.45, 2.75) is 51.4 Å². The number of nitrogens with zero attached hydrogens (tertiary/aromatic N) is 1. The number of carbonyl (C=O) groups is 2. The van der Waals surface area contributed by atoms with Crippen molar-refractivity contribution in [1.82, 2.24) is 15.5 Å². The number of aliphatic carboxylic acids is 1. The summed E-state index contributed by atoms with van der Waals surface area (Å²) in [5.41, 5.74) is 4.49. The fraction of sp³-hybridized carbons (Fsp3) is 0.300. The summed E-state index contributed by atoms with van der Waals surface area (Å²) in [6.45, 7) is 4.07. The Morgan fingerprint density at radius 3 is 2.42 bits per heavy atom. The third-order valence-electron chi connectivity index (χ3n) is 6.82. The van der Waals surface area contributed by atoms with Gasteiger partial charge in [0.25, 0.3) is 5.91 Å². The molecule has 8 heteroatoms. The maximum absolute atomic E-state index is 14.8. The normalized spacial score (nSPS) is 12.8. The van der Waals surface area contributed by atoms with E-state index >= 15 is 0 Å². The van der Waals surface area contributed by atoms with Crippen LogP contribution in [0.4, 0.5) is 4.39 Å². The van der Waals surface area contributed by atoms with E-state index in [4.69, 9.17) is 16.7 Å². The highest BCUT2D eigenvalue weighted by Crippen LogP contribution is 2.43. The maximum Gasteiger partial charge on any atom is 0.305 e. The zero-order chi connectivity index (χ0) is 27.2. The highest BCUT2D eigenvalue weighted by Gasteiger charge is 2.30. The second-order valence-electron chi connectivity index (χ2n) is 9.58. The lowest BCUT2D eigenvalue weighted by molar-refractivity contribution is -0.136. The summed E-state index contributed by atoms with van der Waals surface area (Å²) >= 11 is 6.22. The van der Waals surface area contributed by atoms with Gasteiger partial charge in [0.05, 0.1) is 12.1 Å². The van der Waals surface area contributed by atoms with Gasteiger partial charge in [-0.1, -0.05) is 55.6 Å². The van der Waals surface area contributed by atoms with E-state index in [0.717, 1.165) is 47.0 Å². The van der Waals surface area contributed by atoms with Crippen molar-refractivity contribution in [2.75, 3.05) is 6.54 Å². The van der Waals surface area contributed by atoms with Crippen molar-refractivity contribution >= 4 is 34.4 Å². The van der Waals surface area contributed by atoms with Crippen LogP contribution in [0.1, 0.15) is 77.2 Å². The topological polar surface area (TPSA) is 95.1 Å². The largest absolute Gasteiger partial charge is 0.481 e. The fourth-order valence-electron chi connectivity index (χ4n) is 4.95. The van der Waals surface area contributed by atoms with E-state index in [-0.39, 0.29) is 36.5 Å². The van der Waals surface area contributed by atoms with E-state index in [9.17, 15) is 14.0 Å². The molecule has 1 heterocycles. The molecule has 2 unspecified atom stereocenters. The highest BCUT2D eigenvalue weighted by molar-refractivity contribution is 6.30. The van der Waals surface area contributed by atoms with Gasteiger partial charge in [-0.15, -0.1) is 0 Å². The number of carbonyl (C=O) groups excluding carboxylic acids is 1. The number of carboxylic acid groups (broad SMARTS) is 1. The molecule has 0 fully saturated rings. The first-order chi connectivity index (χ1) is 18.3. The average molecular weight is 536 g/mol. The van der Waals surface area contributed by atoms with E-state index in [0.29, 0.717) is 16.1 Å². The third-order valence-corrected chi connectivity index (χ3v) is 7.07. The Bertz CT molecular complexity index is 1420. The number of aromatic amines is 1. The molecule has 6 nitrogen and oxygen atoms in total. The van der Waals surface area contributed by atoms with E-state index in [1.54, 1.807) is 12.1 Å². The number of nitrogens with one attached hydrogen (secondary N) is 2. The first-order valence-electron chi connectivity index (χ1n) is 12.8. The van der Waals surface area contributed by atoms with E-state index in [1.165, 1.54) is 6.07 Å². The average Bonchev–Trinajstić information content (AvgIpc) is 3.31. The van der Waals surface area contributed by atoms with E-state index in [2.05, 4.69) is 22.4 Å². The van der Waals surface area contributed by atoms with Crippen LogP contribution in [0.2, 0.25) is 5.02 Å².